The van der Waals surface area contributed by atoms with Crippen molar-refractivity contribution in [2.24, 2.45) is 0 Å². The molecule has 1 aliphatic heterocycles. The molecule has 0 aromatic heterocycles. The predicted octanol–water partition coefficient (Wildman–Crippen LogP) is 2.30. The van der Waals surface area contributed by atoms with Gasteiger partial charge >= 0.3 is 6.09 Å². The zero-order chi connectivity index (χ0) is 16.4. The van der Waals surface area contributed by atoms with Crippen LogP contribution in [0.1, 0.15) is 52.9 Å². The number of amides is 1. The van der Waals surface area contributed by atoms with Crippen LogP contribution in [-0.4, -0.2) is 56.1 Å². The molecule has 1 atom stereocenters. The molecule has 0 spiro atoms. The maximum atomic E-state index is 11.6. The summed E-state index contributed by atoms with van der Waals surface area (Å²) in [5, 5.41) is 5.10. The van der Waals surface area contributed by atoms with Crippen LogP contribution in [0.3, 0.4) is 0 Å². The Morgan fingerprint density at radius 1 is 1.23 bits per heavy atom. The number of piperidine rings is 1. The molecule has 2 N–H and O–H groups in total. The van der Waals surface area contributed by atoms with E-state index in [1.54, 1.807) is 7.11 Å². The second-order valence-corrected chi connectivity index (χ2v) is 6.90. The van der Waals surface area contributed by atoms with Crippen LogP contribution in [-0.2, 0) is 9.47 Å². The standard InChI is InChI=1S/C16H33N3O3/c1-16(2,3)22-15(20)17-10-8-9-14(13-21-4)18-19-11-6-5-7-12-19/h14,18H,5-13H2,1-4H3,(H,17,20). The molecule has 0 bridgehead atoms. The van der Waals surface area contributed by atoms with Gasteiger partial charge in [-0.05, 0) is 46.5 Å². The number of rotatable bonds is 8. The fourth-order valence-electron chi connectivity index (χ4n) is 2.52. The second-order valence-electron chi connectivity index (χ2n) is 6.90. The highest BCUT2D eigenvalue weighted by Crippen LogP contribution is 2.09. The first kappa shape index (κ1) is 19.2. The highest BCUT2D eigenvalue weighted by atomic mass is 16.6. The van der Waals surface area contributed by atoms with Crippen molar-refractivity contribution in [1.82, 2.24) is 15.8 Å². The average molecular weight is 315 g/mol. The van der Waals surface area contributed by atoms with Gasteiger partial charge in [-0.15, -0.1) is 0 Å². The van der Waals surface area contributed by atoms with E-state index in [-0.39, 0.29) is 6.09 Å². The summed E-state index contributed by atoms with van der Waals surface area (Å²) in [5.74, 6) is 0. The molecule has 1 unspecified atom stereocenters. The van der Waals surface area contributed by atoms with Crippen LogP contribution in [0.2, 0.25) is 0 Å². The fourth-order valence-corrected chi connectivity index (χ4v) is 2.52. The number of ether oxygens (including phenoxy) is 2. The number of carbonyl (C=O) groups is 1. The summed E-state index contributed by atoms with van der Waals surface area (Å²) in [5.41, 5.74) is 3.10. The van der Waals surface area contributed by atoms with Crippen LogP contribution in [0.4, 0.5) is 4.79 Å². The fraction of sp³-hybridized carbons (Fsp3) is 0.938. The summed E-state index contributed by atoms with van der Waals surface area (Å²) in [6, 6.07) is 0.295. The van der Waals surface area contributed by atoms with Crippen LogP contribution in [0.15, 0.2) is 0 Å². The number of methoxy groups -OCH3 is 1. The van der Waals surface area contributed by atoms with Crippen molar-refractivity contribution in [3.63, 3.8) is 0 Å². The Balaban J connectivity index is 2.19. The summed E-state index contributed by atoms with van der Waals surface area (Å²) in [7, 11) is 1.73. The molecule has 130 valence electrons. The van der Waals surface area contributed by atoms with Gasteiger partial charge < -0.3 is 14.8 Å². The number of hydrogen-bond acceptors (Lipinski definition) is 5. The molecule has 1 aliphatic rings. The van der Waals surface area contributed by atoms with E-state index in [1.807, 2.05) is 20.8 Å². The Bertz CT molecular complexity index is 312. The molecule has 0 aliphatic carbocycles. The van der Waals surface area contributed by atoms with E-state index in [4.69, 9.17) is 9.47 Å². The number of carbonyl (C=O) groups excluding carboxylic acids is 1. The molecule has 22 heavy (non-hydrogen) atoms. The number of nitrogens with zero attached hydrogens (tertiary/aromatic N) is 1. The molecule has 1 amide bonds. The van der Waals surface area contributed by atoms with Gasteiger partial charge in [0.25, 0.3) is 0 Å². The Kier molecular flexibility index (Phi) is 8.75. The molecule has 0 saturated carbocycles. The van der Waals surface area contributed by atoms with Crippen molar-refractivity contribution in [3.05, 3.63) is 0 Å². The minimum atomic E-state index is -0.446. The van der Waals surface area contributed by atoms with Crippen LogP contribution < -0.4 is 10.7 Å². The second kappa shape index (κ2) is 10.0. The third-order valence-corrected chi connectivity index (χ3v) is 3.49. The largest absolute Gasteiger partial charge is 0.444 e. The zero-order valence-electron chi connectivity index (χ0n) is 14.6. The van der Waals surface area contributed by atoms with Crippen LogP contribution in [0.5, 0.6) is 0 Å². The Morgan fingerprint density at radius 3 is 2.50 bits per heavy atom. The quantitative estimate of drug-likeness (QED) is 0.673. The SMILES string of the molecule is COCC(CCCNC(=O)OC(C)(C)C)NN1CCCCC1. The van der Waals surface area contributed by atoms with Gasteiger partial charge in [0.05, 0.1) is 6.61 Å². The topological polar surface area (TPSA) is 62.8 Å². The van der Waals surface area contributed by atoms with Crippen LogP contribution in [0, 0.1) is 0 Å². The highest BCUT2D eigenvalue weighted by molar-refractivity contribution is 5.67. The first-order valence-corrected chi connectivity index (χ1v) is 8.37. The molecule has 0 aromatic rings. The lowest BCUT2D eigenvalue weighted by molar-refractivity contribution is 0.0522. The molecule has 1 fully saturated rings. The van der Waals surface area contributed by atoms with Gasteiger partial charge in [0, 0.05) is 32.8 Å². The van der Waals surface area contributed by atoms with Gasteiger partial charge in [-0.25, -0.2) is 15.2 Å². The van der Waals surface area contributed by atoms with Crippen molar-refractivity contribution in [1.29, 1.82) is 0 Å². The lowest BCUT2D eigenvalue weighted by Crippen LogP contribution is -2.49. The van der Waals surface area contributed by atoms with Gasteiger partial charge in [0.1, 0.15) is 5.60 Å². The highest BCUT2D eigenvalue weighted by Gasteiger charge is 2.17. The van der Waals surface area contributed by atoms with E-state index in [9.17, 15) is 4.79 Å². The first-order chi connectivity index (χ1) is 10.4. The molecule has 6 heteroatoms. The molecule has 6 nitrogen and oxygen atoms in total. The summed E-state index contributed by atoms with van der Waals surface area (Å²) in [6.45, 7) is 9.11. The smallest absolute Gasteiger partial charge is 0.407 e. The van der Waals surface area contributed by atoms with Gasteiger partial charge in [0.2, 0.25) is 0 Å². The number of alkyl carbamates (subject to hydrolysis) is 1. The minimum Gasteiger partial charge on any atom is -0.444 e. The number of nitrogens with one attached hydrogen (secondary N) is 2. The predicted molar refractivity (Wildman–Crippen MR) is 87.7 cm³/mol. The van der Waals surface area contributed by atoms with E-state index < -0.39 is 5.60 Å². The minimum absolute atomic E-state index is 0.295. The van der Waals surface area contributed by atoms with Gasteiger partial charge in [0.15, 0.2) is 0 Å². The molecule has 1 rings (SSSR count). The molecule has 1 saturated heterocycles. The molecule has 0 radical (unpaired) electrons. The third-order valence-electron chi connectivity index (χ3n) is 3.49. The first-order valence-electron chi connectivity index (χ1n) is 8.37. The van der Waals surface area contributed by atoms with E-state index in [2.05, 4.69) is 15.8 Å². The number of hydrazine groups is 1. The molecule has 0 aromatic carbocycles. The maximum Gasteiger partial charge on any atom is 0.407 e. The summed E-state index contributed by atoms with van der Waals surface area (Å²) in [4.78, 5) is 11.6. The van der Waals surface area contributed by atoms with Crippen molar-refractivity contribution in [2.75, 3.05) is 33.4 Å². The van der Waals surface area contributed by atoms with E-state index >= 15 is 0 Å². The summed E-state index contributed by atoms with van der Waals surface area (Å²) < 4.78 is 10.5. The normalized spacial score (nSPS) is 18.0. The number of hydrogen-bond donors (Lipinski definition) is 2. The average Bonchev–Trinajstić information content (AvgIpc) is 2.43. The Hall–Kier alpha value is -0.850. The summed E-state index contributed by atoms with van der Waals surface area (Å²) >= 11 is 0. The molecule has 1 heterocycles. The Morgan fingerprint density at radius 2 is 1.91 bits per heavy atom. The van der Waals surface area contributed by atoms with Crippen LogP contribution in [0.25, 0.3) is 0 Å². The van der Waals surface area contributed by atoms with E-state index in [1.165, 1.54) is 19.3 Å². The van der Waals surface area contributed by atoms with Gasteiger partial charge in [-0.3, -0.25) is 0 Å². The monoisotopic (exact) mass is 315 g/mol. The lowest BCUT2D eigenvalue weighted by Gasteiger charge is -2.31. The molecular weight excluding hydrogens is 282 g/mol. The zero-order valence-corrected chi connectivity index (χ0v) is 14.6. The van der Waals surface area contributed by atoms with Crippen molar-refractivity contribution < 1.29 is 14.3 Å². The third kappa shape index (κ3) is 9.23. The lowest BCUT2D eigenvalue weighted by atomic mass is 10.1. The van der Waals surface area contributed by atoms with E-state index in [0.717, 1.165) is 25.9 Å². The maximum absolute atomic E-state index is 11.6. The van der Waals surface area contributed by atoms with Crippen molar-refractivity contribution in [3.8, 4) is 0 Å². The summed E-state index contributed by atoms with van der Waals surface area (Å²) in [6.07, 6.45) is 5.35. The van der Waals surface area contributed by atoms with Crippen molar-refractivity contribution >= 4 is 6.09 Å². The van der Waals surface area contributed by atoms with Gasteiger partial charge in [-0.1, -0.05) is 6.42 Å². The van der Waals surface area contributed by atoms with Crippen molar-refractivity contribution in [2.45, 2.75) is 64.5 Å². The van der Waals surface area contributed by atoms with Crippen LogP contribution >= 0.6 is 0 Å². The van der Waals surface area contributed by atoms with E-state index in [0.29, 0.717) is 19.2 Å². The molecular formula is C16H33N3O3. The van der Waals surface area contributed by atoms with Gasteiger partial charge in [-0.2, -0.15) is 0 Å². The Labute approximate surface area is 134 Å².